The molecule has 21 heavy (non-hydrogen) atoms. The van der Waals surface area contributed by atoms with Crippen LogP contribution in [0.4, 0.5) is 0 Å². The Morgan fingerprint density at radius 1 is 0.952 bits per heavy atom. The summed E-state index contributed by atoms with van der Waals surface area (Å²) >= 11 is 0. The van der Waals surface area contributed by atoms with E-state index in [1.807, 2.05) is 43.3 Å². The third kappa shape index (κ3) is 3.37. The number of rotatable bonds is 5. The molecule has 2 aromatic carbocycles. The molecule has 2 atom stereocenters. The first-order valence-electron chi connectivity index (χ1n) is 7.16. The van der Waals surface area contributed by atoms with E-state index in [4.69, 9.17) is 15.2 Å². The second kappa shape index (κ2) is 6.64. The lowest BCUT2D eigenvalue weighted by atomic mass is 10.0. The van der Waals surface area contributed by atoms with Crippen molar-refractivity contribution < 1.29 is 9.47 Å². The summed E-state index contributed by atoms with van der Waals surface area (Å²) < 4.78 is 11.6. The van der Waals surface area contributed by atoms with Gasteiger partial charge in [-0.3, -0.25) is 0 Å². The summed E-state index contributed by atoms with van der Waals surface area (Å²) in [4.78, 5) is 0. The van der Waals surface area contributed by atoms with Crippen LogP contribution in [0.2, 0.25) is 0 Å². The van der Waals surface area contributed by atoms with E-state index in [0.717, 1.165) is 22.6 Å². The van der Waals surface area contributed by atoms with Gasteiger partial charge in [0.25, 0.3) is 0 Å². The molecule has 0 saturated heterocycles. The maximum absolute atomic E-state index is 6.21. The summed E-state index contributed by atoms with van der Waals surface area (Å²) in [6.45, 7) is 6.08. The monoisotopic (exact) mass is 285 g/mol. The molecule has 2 unspecified atom stereocenters. The van der Waals surface area contributed by atoms with Gasteiger partial charge in [-0.05, 0) is 44.0 Å². The lowest BCUT2D eigenvalue weighted by molar-refractivity contribution is 0.175. The van der Waals surface area contributed by atoms with Crippen LogP contribution < -0.4 is 15.2 Å². The minimum atomic E-state index is -0.248. The molecule has 3 heteroatoms. The van der Waals surface area contributed by atoms with Gasteiger partial charge in [0.1, 0.15) is 17.6 Å². The first-order chi connectivity index (χ1) is 10.0. The lowest BCUT2D eigenvalue weighted by Crippen LogP contribution is -2.29. The van der Waals surface area contributed by atoms with Crippen molar-refractivity contribution in [2.24, 2.45) is 5.73 Å². The van der Waals surface area contributed by atoms with Gasteiger partial charge in [0, 0.05) is 11.6 Å². The van der Waals surface area contributed by atoms with E-state index in [9.17, 15) is 0 Å². The Hall–Kier alpha value is -2.00. The van der Waals surface area contributed by atoms with E-state index in [2.05, 4.69) is 19.9 Å². The second-order valence-electron chi connectivity index (χ2n) is 5.34. The number of hydrogen-bond acceptors (Lipinski definition) is 3. The Labute approximate surface area is 126 Å². The van der Waals surface area contributed by atoms with Gasteiger partial charge in [-0.25, -0.2) is 0 Å². The van der Waals surface area contributed by atoms with Crippen LogP contribution in [0, 0.1) is 13.8 Å². The molecule has 112 valence electrons. The summed E-state index contributed by atoms with van der Waals surface area (Å²) in [5.74, 6) is 1.66. The number of methoxy groups -OCH3 is 1. The Balaban J connectivity index is 2.38. The number of hydrogen-bond donors (Lipinski definition) is 1. The van der Waals surface area contributed by atoms with Gasteiger partial charge in [-0.2, -0.15) is 0 Å². The van der Waals surface area contributed by atoms with Crippen molar-refractivity contribution in [3.8, 4) is 11.5 Å². The minimum Gasteiger partial charge on any atom is -0.496 e. The molecule has 2 aromatic rings. The summed E-state index contributed by atoms with van der Waals surface area (Å²) in [6.07, 6.45) is -0.248. The summed E-state index contributed by atoms with van der Waals surface area (Å²) in [7, 11) is 1.66. The van der Waals surface area contributed by atoms with Gasteiger partial charge >= 0.3 is 0 Å². The van der Waals surface area contributed by atoms with Crippen LogP contribution in [-0.2, 0) is 0 Å². The van der Waals surface area contributed by atoms with E-state index in [0.29, 0.717) is 0 Å². The minimum absolute atomic E-state index is 0.152. The highest BCUT2D eigenvalue weighted by Gasteiger charge is 2.22. The molecular formula is C18H23NO2. The number of benzene rings is 2. The quantitative estimate of drug-likeness (QED) is 0.909. The van der Waals surface area contributed by atoms with Gasteiger partial charge in [0.15, 0.2) is 0 Å². The summed E-state index contributed by atoms with van der Waals surface area (Å²) in [6, 6.07) is 13.7. The highest BCUT2D eigenvalue weighted by molar-refractivity contribution is 5.41. The van der Waals surface area contributed by atoms with Gasteiger partial charge in [-0.15, -0.1) is 0 Å². The number of nitrogens with two attached hydrogens (primary N) is 1. The molecule has 3 nitrogen and oxygen atoms in total. The van der Waals surface area contributed by atoms with Crippen LogP contribution in [0.1, 0.15) is 29.7 Å². The topological polar surface area (TPSA) is 44.5 Å². The van der Waals surface area contributed by atoms with Crippen molar-refractivity contribution in [1.82, 2.24) is 0 Å². The van der Waals surface area contributed by atoms with Crippen molar-refractivity contribution in [3.63, 3.8) is 0 Å². The zero-order valence-corrected chi connectivity index (χ0v) is 13.1. The normalized spacial score (nSPS) is 13.6. The Bertz CT molecular complexity index is 608. The Morgan fingerprint density at radius 3 is 2.29 bits per heavy atom. The van der Waals surface area contributed by atoms with Crippen molar-refractivity contribution in [2.45, 2.75) is 32.9 Å². The first kappa shape index (κ1) is 15.4. The van der Waals surface area contributed by atoms with Crippen molar-refractivity contribution in [2.75, 3.05) is 7.11 Å². The maximum Gasteiger partial charge on any atom is 0.142 e. The third-order valence-electron chi connectivity index (χ3n) is 3.73. The van der Waals surface area contributed by atoms with Crippen molar-refractivity contribution in [3.05, 3.63) is 59.2 Å². The highest BCUT2D eigenvalue weighted by atomic mass is 16.5. The molecule has 0 bridgehead atoms. The van der Waals surface area contributed by atoms with Crippen LogP contribution in [-0.4, -0.2) is 13.2 Å². The predicted molar refractivity (Wildman–Crippen MR) is 85.9 cm³/mol. The zero-order chi connectivity index (χ0) is 15.4. The number of para-hydroxylation sites is 1. The summed E-state index contributed by atoms with van der Waals surface area (Å²) in [5, 5.41) is 0. The third-order valence-corrected chi connectivity index (χ3v) is 3.73. The molecule has 0 radical (unpaired) electrons. The molecule has 0 heterocycles. The standard InChI is InChI=1S/C18H23NO2/c1-12-8-7-11-16(13(12)2)21-18(14(3)19)15-9-5-6-10-17(15)20-4/h5-11,14,18H,19H2,1-4H3. The number of aryl methyl sites for hydroxylation is 1. The molecule has 0 aliphatic rings. The zero-order valence-electron chi connectivity index (χ0n) is 13.1. The van der Waals surface area contributed by atoms with Crippen LogP contribution in [0.3, 0.4) is 0 Å². The van der Waals surface area contributed by atoms with E-state index < -0.39 is 0 Å². The van der Waals surface area contributed by atoms with Crippen LogP contribution >= 0.6 is 0 Å². The highest BCUT2D eigenvalue weighted by Crippen LogP contribution is 2.32. The molecule has 0 aromatic heterocycles. The summed E-state index contributed by atoms with van der Waals surface area (Å²) in [5.41, 5.74) is 9.46. The maximum atomic E-state index is 6.21. The van der Waals surface area contributed by atoms with E-state index >= 15 is 0 Å². The Kier molecular flexibility index (Phi) is 4.86. The van der Waals surface area contributed by atoms with Gasteiger partial charge < -0.3 is 15.2 Å². The van der Waals surface area contributed by atoms with E-state index in [1.54, 1.807) is 7.11 Å². The van der Waals surface area contributed by atoms with Crippen molar-refractivity contribution >= 4 is 0 Å². The largest absolute Gasteiger partial charge is 0.496 e. The molecule has 0 aliphatic carbocycles. The lowest BCUT2D eigenvalue weighted by Gasteiger charge is -2.25. The smallest absolute Gasteiger partial charge is 0.142 e. The first-order valence-corrected chi connectivity index (χ1v) is 7.16. The fraction of sp³-hybridized carbons (Fsp3) is 0.333. The molecule has 0 spiro atoms. The van der Waals surface area contributed by atoms with E-state index in [-0.39, 0.29) is 12.1 Å². The molecule has 0 saturated carbocycles. The van der Waals surface area contributed by atoms with Crippen LogP contribution in [0.25, 0.3) is 0 Å². The molecule has 0 fully saturated rings. The predicted octanol–water partition coefficient (Wildman–Crippen LogP) is 3.78. The van der Waals surface area contributed by atoms with Gasteiger partial charge in [0.05, 0.1) is 7.11 Å². The Morgan fingerprint density at radius 2 is 1.62 bits per heavy atom. The SMILES string of the molecule is COc1ccccc1C(Oc1cccc(C)c1C)C(C)N. The number of ether oxygens (including phenoxy) is 2. The van der Waals surface area contributed by atoms with Crippen LogP contribution in [0.5, 0.6) is 11.5 Å². The molecule has 2 N–H and O–H groups in total. The van der Waals surface area contributed by atoms with Crippen LogP contribution in [0.15, 0.2) is 42.5 Å². The molecule has 0 aliphatic heterocycles. The second-order valence-corrected chi connectivity index (χ2v) is 5.34. The fourth-order valence-corrected chi connectivity index (χ4v) is 2.34. The molecule has 0 amide bonds. The average Bonchev–Trinajstić information content (AvgIpc) is 2.48. The van der Waals surface area contributed by atoms with Gasteiger partial charge in [-0.1, -0.05) is 30.3 Å². The van der Waals surface area contributed by atoms with E-state index in [1.165, 1.54) is 5.56 Å². The van der Waals surface area contributed by atoms with Gasteiger partial charge in [0.2, 0.25) is 0 Å². The van der Waals surface area contributed by atoms with Crippen molar-refractivity contribution in [1.29, 1.82) is 0 Å². The molecular weight excluding hydrogens is 262 g/mol. The molecule has 2 rings (SSSR count). The average molecular weight is 285 g/mol. The fourth-order valence-electron chi connectivity index (χ4n) is 2.34.